The average Bonchev–Trinajstić information content (AvgIpc) is 3.40. The molecule has 0 amide bonds. The van der Waals surface area contributed by atoms with Crippen molar-refractivity contribution < 1.29 is 4.39 Å². The highest BCUT2D eigenvalue weighted by atomic mass is 19.1. The van der Waals surface area contributed by atoms with E-state index in [1.807, 2.05) is 29.8 Å². The van der Waals surface area contributed by atoms with Crippen molar-refractivity contribution in [2.45, 2.75) is 58.0 Å². The molecule has 8 nitrogen and oxygen atoms in total. The fraction of sp³-hybridized carbons (Fsp3) is 0.448. The summed E-state index contributed by atoms with van der Waals surface area (Å²) in [4.78, 5) is 21.2. The van der Waals surface area contributed by atoms with Crippen LogP contribution in [0.2, 0.25) is 0 Å². The maximum atomic E-state index is 14.5. The van der Waals surface area contributed by atoms with E-state index in [0.717, 1.165) is 47.7 Å². The third-order valence-corrected chi connectivity index (χ3v) is 8.17. The molecule has 1 saturated carbocycles. The number of hydrogen-bond donors (Lipinski definition) is 1. The van der Waals surface area contributed by atoms with Crippen LogP contribution in [0.4, 0.5) is 10.1 Å². The van der Waals surface area contributed by atoms with Gasteiger partial charge in [-0.3, -0.25) is 9.69 Å². The number of aromatic nitrogens is 5. The number of hydrogen-bond acceptors (Lipinski definition) is 6. The predicted octanol–water partition coefficient (Wildman–Crippen LogP) is 4.69. The van der Waals surface area contributed by atoms with E-state index in [9.17, 15) is 9.18 Å². The number of benzene rings is 2. The van der Waals surface area contributed by atoms with Crippen molar-refractivity contribution in [2.75, 3.05) is 31.1 Å². The molecule has 9 heteroatoms. The third kappa shape index (κ3) is 4.60. The lowest BCUT2D eigenvalue weighted by Gasteiger charge is -2.40. The number of rotatable bonds is 5. The van der Waals surface area contributed by atoms with Gasteiger partial charge in [-0.2, -0.15) is 0 Å². The van der Waals surface area contributed by atoms with Crippen LogP contribution in [0.3, 0.4) is 0 Å². The SMILES string of the molecule is Cc1cc(C)c2[nH]c(=O)c(C(c3nnnn3C3CCCCC3)N3CCN(c4ccccc4F)CC3)cc2c1. The molecule has 1 aliphatic heterocycles. The molecule has 1 N–H and O–H groups in total. The molecule has 1 saturated heterocycles. The molecule has 6 rings (SSSR count). The molecule has 38 heavy (non-hydrogen) atoms. The van der Waals surface area contributed by atoms with Crippen LogP contribution in [-0.2, 0) is 0 Å². The number of fused-ring (bicyclic) bond motifs is 1. The van der Waals surface area contributed by atoms with Crippen LogP contribution in [0.5, 0.6) is 0 Å². The van der Waals surface area contributed by atoms with Crippen LogP contribution >= 0.6 is 0 Å². The van der Waals surface area contributed by atoms with Crippen LogP contribution in [0.25, 0.3) is 10.9 Å². The van der Waals surface area contributed by atoms with Gasteiger partial charge >= 0.3 is 0 Å². The van der Waals surface area contributed by atoms with Crippen molar-refractivity contribution in [2.24, 2.45) is 0 Å². The van der Waals surface area contributed by atoms with Gasteiger partial charge in [0.25, 0.3) is 5.56 Å². The molecule has 198 valence electrons. The van der Waals surface area contributed by atoms with Gasteiger partial charge in [-0.25, -0.2) is 9.07 Å². The molecule has 2 aromatic carbocycles. The second-order valence-corrected chi connectivity index (χ2v) is 10.8. The zero-order valence-corrected chi connectivity index (χ0v) is 22.0. The standard InChI is InChI=1S/C29H34FN7O/c1-19-16-20(2)26-21(17-19)18-23(29(38)31-26)27(28-32-33-34-37(28)22-8-4-3-5-9-22)36-14-12-35(13-15-36)25-11-7-6-10-24(25)30/h6-7,10-11,16-18,22,27H,3-5,8-9,12-15H2,1-2H3,(H,31,38). The lowest BCUT2D eigenvalue weighted by atomic mass is 9.95. The fourth-order valence-corrected chi connectivity index (χ4v) is 6.30. The Hall–Kier alpha value is -3.59. The van der Waals surface area contributed by atoms with Gasteiger partial charge < -0.3 is 9.88 Å². The summed E-state index contributed by atoms with van der Waals surface area (Å²) < 4.78 is 16.5. The third-order valence-electron chi connectivity index (χ3n) is 8.17. The van der Waals surface area contributed by atoms with Crippen molar-refractivity contribution in [1.29, 1.82) is 0 Å². The van der Waals surface area contributed by atoms with E-state index in [1.165, 1.54) is 12.5 Å². The maximum absolute atomic E-state index is 14.5. The predicted molar refractivity (Wildman–Crippen MR) is 146 cm³/mol. The van der Waals surface area contributed by atoms with Gasteiger partial charge in [-0.15, -0.1) is 5.10 Å². The van der Waals surface area contributed by atoms with E-state index in [2.05, 4.69) is 49.4 Å². The molecule has 1 unspecified atom stereocenters. The minimum atomic E-state index is -0.399. The van der Waals surface area contributed by atoms with Crippen LogP contribution in [-0.4, -0.2) is 56.3 Å². The molecular formula is C29H34FN7O. The summed E-state index contributed by atoms with van der Waals surface area (Å²) in [6.45, 7) is 6.69. The zero-order chi connectivity index (χ0) is 26.2. The number of nitrogens with zero attached hydrogens (tertiary/aromatic N) is 6. The molecule has 2 aromatic heterocycles. The van der Waals surface area contributed by atoms with Gasteiger partial charge in [0.2, 0.25) is 0 Å². The van der Waals surface area contributed by atoms with Crippen molar-refractivity contribution >= 4 is 16.6 Å². The average molecular weight is 516 g/mol. The molecule has 2 fully saturated rings. The summed E-state index contributed by atoms with van der Waals surface area (Å²) in [5, 5.41) is 14.1. The number of para-hydroxylation sites is 1. The smallest absolute Gasteiger partial charge is 0.253 e. The van der Waals surface area contributed by atoms with E-state index in [0.29, 0.717) is 43.3 Å². The summed E-state index contributed by atoms with van der Waals surface area (Å²) in [5.41, 5.74) is 4.20. The number of tetrazole rings is 1. The van der Waals surface area contributed by atoms with Crippen LogP contribution in [0.15, 0.2) is 47.3 Å². The van der Waals surface area contributed by atoms with Gasteiger partial charge in [0, 0.05) is 31.7 Å². The van der Waals surface area contributed by atoms with E-state index in [1.54, 1.807) is 6.07 Å². The van der Waals surface area contributed by atoms with Gasteiger partial charge in [0.05, 0.1) is 17.2 Å². The largest absolute Gasteiger partial charge is 0.367 e. The lowest BCUT2D eigenvalue weighted by molar-refractivity contribution is 0.192. The number of aryl methyl sites for hydroxylation is 2. The lowest BCUT2D eigenvalue weighted by Crippen LogP contribution is -2.49. The number of anilines is 1. The summed E-state index contributed by atoms with van der Waals surface area (Å²) in [6, 6.07) is 13.0. The van der Waals surface area contributed by atoms with E-state index in [4.69, 9.17) is 0 Å². The normalized spacial score (nSPS) is 18.2. The Morgan fingerprint density at radius 2 is 1.76 bits per heavy atom. The van der Waals surface area contributed by atoms with E-state index >= 15 is 0 Å². The number of halogens is 1. The Kier molecular flexibility index (Phi) is 6.69. The molecule has 0 bridgehead atoms. The van der Waals surface area contributed by atoms with Gasteiger partial charge in [0.1, 0.15) is 11.9 Å². The highest BCUT2D eigenvalue weighted by Crippen LogP contribution is 2.34. The van der Waals surface area contributed by atoms with Crippen LogP contribution < -0.4 is 10.5 Å². The highest BCUT2D eigenvalue weighted by molar-refractivity contribution is 5.83. The van der Waals surface area contributed by atoms with Crippen LogP contribution in [0, 0.1) is 19.7 Å². The van der Waals surface area contributed by atoms with Crippen LogP contribution in [0.1, 0.15) is 66.7 Å². The molecule has 0 spiro atoms. The highest BCUT2D eigenvalue weighted by Gasteiger charge is 2.34. The monoisotopic (exact) mass is 515 g/mol. The Morgan fingerprint density at radius 3 is 2.53 bits per heavy atom. The molecule has 0 radical (unpaired) electrons. The first-order valence-electron chi connectivity index (χ1n) is 13.6. The number of aromatic amines is 1. The maximum Gasteiger partial charge on any atom is 0.253 e. The summed E-state index contributed by atoms with van der Waals surface area (Å²) in [6.07, 6.45) is 5.63. The second-order valence-electron chi connectivity index (χ2n) is 10.8. The first-order chi connectivity index (χ1) is 18.5. The Bertz CT molecular complexity index is 1500. The quantitative estimate of drug-likeness (QED) is 0.415. The molecule has 1 aliphatic carbocycles. The molecule has 1 atom stereocenters. The second kappa shape index (κ2) is 10.3. The van der Waals surface area contributed by atoms with Gasteiger partial charge in [-0.1, -0.05) is 43.0 Å². The Labute approximate surface area is 221 Å². The fourth-order valence-electron chi connectivity index (χ4n) is 6.30. The topological polar surface area (TPSA) is 82.9 Å². The minimum Gasteiger partial charge on any atom is -0.367 e. The van der Waals surface area contributed by atoms with Crippen molar-refractivity contribution in [3.05, 3.63) is 81.2 Å². The first-order valence-corrected chi connectivity index (χ1v) is 13.6. The van der Waals surface area contributed by atoms with E-state index < -0.39 is 6.04 Å². The number of H-pyrrole nitrogens is 1. The summed E-state index contributed by atoms with van der Waals surface area (Å²) >= 11 is 0. The van der Waals surface area contributed by atoms with Crippen molar-refractivity contribution in [3.63, 3.8) is 0 Å². The number of pyridine rings is 1. The van der Waals surface area contributed by atoms with Gasteiger partial charge in [0.15, 0.2) is 5.82 Å². The molecule has 2 aliphatic rings. The minimum absolute atomic E-state index is 0.121. The Balaban J connectivity index is 1.41. The molecule has 3 heterocycles. The number of nitrogens with one attached hydrogen (secondary N) is 1. The first kappa shape index (κ1) is 24.7. The molecule has 4 aromatic rings. The van der Waals surface area contributed by atoms with E-state index in [-0.39, 0.29) is 17.4 Å². The summed E-state index contributed by atoms with van der Waals surface area (Å²) in [5.74, 6) is 0.501. The zero-order valence-electron chi connectivity index (χ0n) is 22.0. The number of piperazine rings is 1. The summed E-state index contributed by atoms with van der Waals surface area (Å²) in [7, 11) is 0. The Morgan fingerprint density at radius 1 is 1.00 bits per heavy atom. The van der Waals surface area contributed by atoms with Gasteiger partial charge in [-0.05, 0) is 72.3 Å². The molecular weight excluding hydrogens is 481 g/mol. The van der Waals surface area contributed by atoms with Crippen molar-refractivity contribution in [1.82, 2.24) is 30.1 Å². The van der Waals surface area contributed by atoms with Crippen molar-refractivity contribution in [3.8, 4) is 0 Å².